The van der Waals surface area contributed by atoms with Gasteiger partial charge in [0.25, 0.3) is 5.91 Å². The highest BCUT2D eigenvalue weighted by Crippen LogP contribution is 2.21. The number of likely N-dealkylation sites (tertiary alicyclic amines) is 1. The van der Waals surface area contributed by atoms with E-state index in [4.69, 9.17) is 0 Å². The minimum Gasteiger partial charge on any atom is -0.378 e. The van der Waals surface area contributed by atoms with Gasteiger partial charge < -0.3 is 15.3 Å². The van der Waals surface area contributed by atoms with Crippen LogP contribution in [0.1, 0.15) is 30.9 Å². The number of carbonyl (C=O) groups is 2. The van der Waals surface area contributed by atoms with Crippen LogP contribution in [0.2, 0.25) is 0 Å². The van der Waals surface area contributed by atoms with E-state index in [0.29, 0.717) is 32.4 Å². The lowest BCUT2D eigenvalue weighted by atomic mass is 9.91. The summed E-state index contributed by atoms with van der Waals surface area (Å²) in [7, 11) is 0. The SMILES string of the molecule is CC(=O)N1CCC[C@](O)(C(=O)NCCc2ccc(F)cc2C)C1. The summed E-state index contributed by atoms with van der Waals surface area (Å²) in [4.78, 5) is 25.2. The van der Waals surface area contributed by atoms with Gasteiger partial charge in [-0.2, -0.15) is 0 Å². The molecule has 0 spiro atoms. The molecular weight excluding hydrogens is 299 g/mol. The van der Waals surface area contributed by atoms with Crippen LogP contribution >= 0.6 is 0 Å². The second-order valence-corrected chi connectivity index (χ2v) is 6.15. The molecule has 1 aromatic carbocycles. The first-order valence-corrected chi connectivity index (χ1v) is 7.83. The van der Waals surface area contributed by atoms with E-state index in [1.165, 1.54) is 24.0 Å². The molecule has 1 aliphatic rings. The number of aliphatic hydroxyl groups is 1. The summed E-state index contributed by atoms with van der Waals surface area (Å²) in [6.45, 7) is 4.21. The monoisotopic (exact) mass is 322 g/mol. The van der Waals surface area contributed by atoms with Gasteiger partial charge in [0.15, 0.2) is 5.60 Å². The zero-order valence-electron chi connectivity index (χ0n) is 13.6. The van der Waals surface area contributed by atoms with E-state index in [0.717, 1.165) is 11.1 Å². The zero-order chi connectivity index (χ0) is 17.0. The van der Waals surface area contributed by atoms with E-state index in [9.17, 15) is 19.1 Å². The van der Waals surface area contributed by atoms with Crippen molar-refractivity contribution < 1.29 is 19.1 Å². The summed E-state index contributed by atoms with van der Waals surface area (Å²) >= 11 is 0. The maximum absolute atomic E-state index is 13.1. The first kappa shape index (κ1) is 17.4. The van der Waals surface area contributed by atoms with Gasteiger partial charge in [0.05, 0.1) is 6.54 Å². The van der Waals surface area contributed by atoms with Crippen molar-refractivity contribution in [2.75, 3.05) is 19.6 Å². The fourth-order valence-electron chi connectivity index (χ4n) is 2.91. The van der Waals surface area contributed by atoms with Crippen molar-refractivity contribution in [3.63, 3.8) is 0 Å². The summed E-state index contributed by atoms with van der Waals surface area (Å²) in [5, 5.41) is 13.2. The molecule has 0 aromatic heterocycles. The van der Waals surface area contributed by atoms with Gasteiger partial charge in [-0.05, 0) is 49.4 Å². The van der Waals surface area contributed by atoms with Gasteiger partial charge in [0.2, 0.25) is 5.91 Å². The molecule has 1 aromatic rings. The number of rotatable bonds is 4. The lowest BCUT2D eigenvalue weighted by Crippen LogP contribution is -2.58. The Morgan fingerprint density at radius 1 is 1.43 bits per heavy atom. The lowest BCUT2D eigenvalue weighted by molar-refractivity contribution is -0.150. The van der Waals surface area contributed by atoms with Gasteiger partial charge in [-0.1, -0.05) is 6.07 Å². The third kappa shape index (κ3) is 4.28. The molecule has 0 unspecified atom stereocenters. The maximum atomic E-state index is 13.1. The number of hydrogen-bond acceptors (Lipinski definition) is 3. The van der Waals surface area contributed by atoms with Crippen LogP contribution in [-0.2, 0) is 16.0 Å². The molecule has 1 saturated heterocycles. The van der Waals surface area contributed by atoms with Crippen LogP contribution < -0.4 is 5.32 Å². The fourth-order valence-corrected chi connectivity index (χ4v) is 2.91. The number of nitrogens with one attached hydrogen (secondary N) is 1. The van der Waals surface area contributed by atoms with Gasteiger partial charge in [-0.3, -0.25) is 9.59 Å². The lowest BCUT2D eigenvalue weighted by Gasteiger charge is -2.37. The zero-order valence-corrected chi connectivity index (χ0v) is 13.6. The van der Waals surface area contributed by atoms with Gasteiger partial charge in [0.1, 0.15) is 5.82 Å². The highest BCUT2D eigenvalue weighted by atomic mass is 19.1. The summed E-state index contributed by atoms with van der Waals surface area (Å²) < 4.78 is 13.1. The largest absolute Gasteiger partial charge is 0.378 e. The van der Waals surface area contributed by atoms with E-state index in [1.807, 2.05) is 6.92 Å². The van der Waals surface area contributed by atoms with E-state index in [2.05, 4.69) is 5.32 Å². The number of carbonyl (C=O) groups excluding carboxylic acids is 2. The Bertz CT molecular complexity index is 606. The predicted octanol–water partition coefficient (Wildman–Crippen LogP) is 1.17. The Morgan fingerprint density at radius 2 is 2.17 bits per heavy atom. The molecule has 2 rings (SSSR count). The van der Waals surface area contributed by atoms with Crippen molar-refractivity contribution in [3.05, 3.63) is 35.1 Å². The number of β-amino-alcohol motifs (C(OH)–C–C–N with tert-alkyl or cyclic N) is 1. The Kier molecular flexibility index (Phi) is 5.36. The van der Waals surface area contributed by atoms with E-state index < -0.39 is 11.5 Å². The van der Waals surface area contributed by atoms with Gasteiger partial charge in [-0.25, -0.2) is 4.39 Å². The molecule has 23 heavy (non-hydrogen) atoms. The molecule has 1 atom stereocenters. The number of benzene rings is 1. The minimum atomic E-state index is -1.53. The topological polar surface area (TPSA) is 69.6 Å². The smallest absolute Gasteiger partial charge is 0.253 e. The number of piperidine rings is 1. The number of halogens is 1. The molecule has 1 aliphatic heterocycles. The number of nitrogens with zero attached hydrogens (tertiary/aromatic N) is 1. The Hall–Kier alpha value is -1.95. The Balaban J connectivity index is 1.90. The minimum absolute atomic E-state index is 0.0315. The van der Waals surface area contributed by atoms with Crippen molar-refractivity contribution >= 4 is 11.8 Å². The van der Waals surface area contributed by atoms with Crippen molar-refractivity contribution in [2.45, 2.75) is 38.7 Å². The predicted molar refractivity (Wildman–Crippen MR) is 84.3 cm³/mol. The molecular formula is C17H23FN2O3. The van der Waals surface area contributed by atoms with Crippen LogP contribution in [-0.4, -0.2) is 47.1 Å². The average molecular weight is 322 g/mol. The molecule has 0 bridgehead atoms. The number of amides is 2. The van der Waals surface area contributed by atoms with E-state index in [-0.39, 0.29) is 18.3 Å². The van der Waals surface area contributed by atoms with Crippen molar-refractivity contribution in [2.24, 2.45) is 0 Å². The Morgan fingerprint density at radius 3 is 2.83 bits per heavy atom. The van der Waals surface area contributed by atoms with Gasteiger partial charge in [-0.15, -0.1) is 0 Å². The summed E-state index contributed by atoms with van der Waals surface area (Å²) in [6.07, 6.45) is 1.50. The van der Waals surface area contributed by atoms with Gasteiger partial charge >= 0.3 is 0 Å². The van der Waals surface area contributed by atoms with Crippen LogP contribution in [0.5, 0.6) is 0 Å². The average Bonchev–Trinajstić information content (AvgIpc) is 2.49. The summed E-state index contributed by atoms with van der Waals surface area (Å²) in [6, 6.07) is 4.55. The molecule has 6 heteroatoms. The molecule has 1 heterocycles. The molecule has 2 amide bonds. The van der Waals surface area contributed by atoms with Crippen LogP contribution in [0.25, 0.3) is 0 Å². The molecule has 5 nitrogen and oxygen atoms in total. The fraction of sp³-hybridized carbons (Fsp3) is 0.529. The summed E-state index contributed by atoms with van der Waals surface area (Å²) in [5.41, 5.74) is 0.257. The molecule has 126 valence electrons. The quantitative estimate of drug-likeness (QED) is 0.874. The molecule has 0 radical (unpaired) electrons. The van der Waals surface area contributed by atoms with Crippen molar-refractivity contribution in [1.82, 2.24) is 10.2 Å². The maximum Gasteiger partial charge on any atom is 0.253 e. The first-order chi connectivity index (χ1) is 10.8. The molecule has 0 saturated carbocycles. The van der Waals surface area contributed by atoms with E-state index in [1.54, 1.807) is 6.07 Å². The normalized spacial score (nSPS) is 21.1. The van der Waals surface area contributed by atoms with Crippen molar-refractivity contribution in [1.29, 1.82) is 0 Å². The Labute approximate surface area is 135 Å². The van der Waals surface area contributed by atoms with Crippen LogP contribution in [0, 0.1) is 12.7 Å². The van der Waals surface area contributed by atoms with Crippen LogP contribution in [0.3, 0.4) is 0 Å². The molecule has 1 fully saturated rings. The third-order valence-corrected chi connectivity index (χ3v) is 4.32. The summed E-state index contributed by atoms with van der Waals surface area (Å²) in [5.74, 6) is -0.878. The standard InChI is InChI=1S/C17H23FN2O3/c1-12-10-15(18)5-4-14(12)6-8-19-16(22)17(23)7-3-9-20(11-17)13(2)21/h4-5,10,23H,3,6-9,11H2,1-2H3,(H,19,22)/t17-/m1/s1. The molecule has 0 aliphatic carbocycles. The second-order valence-electron chi connectivity index (χ2n) is 6.15. The molecule has 2 N–H and O–H groups in total. The van der Waals surface area contributed by atoms with Gasteiger partial charge in [0, 0.05) is 20.0 Å². The van der Waals surface area contributed by atoms with Crippen molar-refractivity contribution in [3.8, 4) is 0 Å². The van der Waals surface area contributed by atoms with E-state index >= 15 is 0 Å². The highest BCUT2D eigenvalue weighted by Gasteiger charge is 2.40. The number of hydrogen-bond donors (Lipinski definition) is 2. The highest BCUT2D eigenvalue weighted by molar-refractivity contribution is 5.86. The third-order valence-electron chi connectivity index (χ3n) is 4.32. The first-order valence-electron chi connectivity index (χ1n) is 7.83. The van der Waals surface area contributed by atoms with Crippen LogP contribution in [0.4, 0.5) is 4.39 Å². The van der Waals surface area contributed by atoms with Crippen LogP contribution in [0.15, 0.2) is 18.2 Å². The second kappa shape index (κ2) is 7.08. The number of aryl methyl sites for hydroxylation is 1.